The number of carbonyl (C=O) groups excluding carboxylic acids is 1. The molecule has 0 saturated heterocycles. The number of rotatable bonds is 6. The van der Waals surface area contributed by atoms with E-state index in [4.69, 9.17) is 4.74 Å². The SMILES string of the molecule is CCCNC(=O)N(C)C[C@@H]1Oc2cc(C#CC(C)C)ccc2S(=O)(=O)N([C@@H](C)CO)C[C@@H]1C. The fourth-order valence-corrected chi connectivity index (χ4v) is 5.29. The molecule has 1 aliphatic rings. The van der Waals surface area contributed by atoms with Crippen LogP contribution in [0.25, 0.3) is 0 Å². The number of benzene rings is 1. The highest BCUT2D eigenvalue weighted by molar-refractivity contribution is 7.89. The summed E-state index contributed by atoms with van der Waals surface area (Å²) in [5.74, 6) is 6.27. The van der Waals surface area contributed by atoms with Crippen molar-refractivity contribution in [1.29, 1.82) is 0 Å². The lowest BCUT2D eigenvalue weighted by molar-refractivity contribution is 0.0812. The molecule has 1 aliphatic heterocycles. The summed E-state index contributed by atoms with van der Waals surface area (Å²) < 4.78 is 34.5. The predicted octanol–water partition coefficient (Wildman–Crippen LogP) is 2.51. The Morgan fingerprint density at radius 1 is 1.36 bits per heavy atom. The minimum Gasteiger partial charge on any atom is -0.487 e. The van der Waals surface area contributed by atoms with Crippen molar-refractivity contribution in [1.82, 2.24) is 14.5 Å². The van der Waals surface area contributed by atoms with E-state index in [-0.39, 0.29) is 48.2 Å². The third-order valence-corrected chi connectivity index (χ3v) is 7.52. The second-order valence-electron chi connectivity index (χ2n) is 8.94. The van der Waals surface area contributed by atoms with Gasteiger partial charge in [0.05, 0.1) is 13.2 Å². The van der Waals surface area contributed by atoms with Crippen molar-refractivity contribution in [3.63, 3.8) is 0 Å². The highest BCUT2D eigenvalue weighted by Crippen LogP contribution is 2.34. The maximum atomic E-state index is 13.5. The highest BCUT2D eigenvalue weighted by Gasteiger charge is 2.38. The van der Waals surface area contributed by atoms with E-state index in [0.29, 0.717) is 12.1 Å². The van der Waals surface area contributed by atoms with Crippen molar-refractivity contribution in [2.24, 2.45) is 11.8 Å². The molecule has 0 spiro atoms. The van der Waals surface area contributed by atoms with Gasteiger partial charge in [0.2, 0.25) is 10.0 Å². The van der Waals surface area contributed by atoms with Crippen LogP contribution in [0.3, 0.4) is 0 Å². The van der Waals surface area contributed by atoms with Gasteiger partial charge in [-0.05, 0) is 31.5 Å². The summed E-state index contributed by atoms with van der Waals surface area (Å²) in [4.78, 5) is 14.0. The number of hydrogen-bond acceptors (Lipinski definition) is 5. The second kappa shape index (κ2) is 11.7. The van der Waals surface area contributed by atoms with E-state index in [0.717, 1.165) is 6.42 Å². The number of urea groups is 1. The fraction of sp³-hybridized carbons (Fsp3) is 0.625. The summed E-state index contributed by atoms with van der Waals surface area (Å²) in [6.45, 7) is 10.2. The molecule has 2 N–H and O–H groups in total. The molecule has 0 aromatic heterocycles. The summed E-state index contributed by atoms with van der Waals surface area (Å²) in [6, 6.07) is 4.01. The van der Waals surface area contributed by atoms with E-state index in [1.807, 2.05) is 27.7 Å². The Labute approximate surface area is 198 Å². The third kappa shape index (κ3) is 6.85. The van der Waals surface area contributed by atoms with Gasteiger partial charge in [-0.3, -0.25) is 0 Å². The van der Waals surface area contributed by atoms with Gasteiger partial charge in [-0.15, -0.1) is 0 Å². The first-order chi connectivity index (χ1) is 15.5. The third-order valence-electron chi connectivity index (χ3n) is 5.50. The average molecular weight is 480 g/mol. The van der Waals surface area contributed by atoms with Crippen LogP contribution in [0.15, 0.2) is 23.1 Å². The van der Waals surface area contributed by atoms with Crippen LogP contribution >= 0.6 is 0 Å². The first-order valence-electron chi connectivity index (χ1n) is 11.4. The highest BCUT2D eigenvalue weighted by atomic mass is 32.2. The number of aliphatic hydroxyl groups is 1. The lowest BCUT2D eigenvalue weighted by atomic mass is 10.0. The second-order valence-corrected chi connectivity index (χ2v) is 10.8. The molecule has 0 bridgehead atoms. The van der Waals surface area contributed by atoms with Gasteiger partial charge >= 0.3 is 6.03 Å². The molecule has 8 nitrogen and oxygen atoms in total. The first kappa shape index (κ1) is 27.0. The maximum absolute atomic E-state index is 13.5. The van der Waals surface area contributed by atoms with E-state index in [1.165, 1.54) is 10.4 Å². The largest absolute Gasteiger partial charge is 0.487 e. The molecule has 2 amide bonds. The van der Waals surface area contributed by atoms with Crippen molar-refractivity contribution >= 4 is 16.1 Å². The number of fused-ring (bicyclic) bond motifs is 1. The molecule has 3 atom stereocenters. The van der Waals surface area contributed by atoms with Crippen molar-refractivity contribution in [2.75, 3.05) is 33.3 Å². The Hall–Kier alpha value is -2.28. The van der Waals surface area contributed by atoms with Crippen LogP contribution in [-0.2, 0) is 10.0 Å². The standard InChI is InChI=1S/C24H37N3O5S/c1-7-12-25-24(29)26(6)15-22-18(4)14-27(19(5)16-28)33(30,31)23-11-10-20(9-8-17(2)3)13-21(23)32-22/h10-11,13,17-19,22,28H,7,12,14-16H2,1-6H3,(H,25,29)/t18-,19-,22-/m0/s1. The van der Waals surface area contributed by atoms with Gasteiger partial charge in [0.25, 0.3) is 0 Å². The quantitative estimate of drug-likeness (QED) is 0.611. The smallest absolute Gasteiger partial charge is 0.317 e. The summed E-state index contributed by atoms with van der Waals surface area (Å²) in [5, 5.41) is 12.6. The molecule has 0 saturated carbocycles. The number of likely N-dealkylation sites (N-methyl/N-ethyl adjacent to an activating group) is 1. The molecule has 0 unspecified atom stereocenters. The molecule has 1 aromatic carbocycles. The van der Waals surface area contributed by atoms with Gasteiger partial charge in [-0.25, -0.2) is 13.2 Å². The van der Waals surface area contributed by atoms with Crippen LogP contribution in [0, 0.1) is 23.7 Å². The van der Waals surface area contributed by atoms with Gasteiger partial charge in [-0.1, -0.05) is 39.5 Å². The summed E-state index contributed by atoms with van der Waals surface area (Å²) >= 11 is 0. The lowest BCUT2D eigenvalue weighted by Gasteiger charge is -2.37. The summed E-state index contributed by atoms with van der Waals surface area (Å²) in [6.07, 6.45) is 0.369. The number of ether oxygens (including phenoxy) is 1. The topological polar surface area (TPSA) is 99.2 Å². The first-order valence-corrected chi connectivity index (χ1v) is 12.9. The van der Waals surface area contributed by atoms with Crippen LogP contribution in [0.2, 0.25) is 0 Å². The predicted molar refractivity (Wildman–Crippen MR) is 128 cm³/mol. The minimum atomic E-state index is -3.91. The molecule has 33 heavy (non-hydrogen) atoms. The van der Waals surface area contributed by atoms with Crippen LogP contribution < -0.4 is 10.1 Å². The maximum Gasteiger partial charge on any atom is 0.317 e. The van der Waals surface area contributed by atoms with Crippen LogP contribution in [0.1, 0.15) is 46.6 Å². The van der Waals surface area contributed by atoms with Crippen molar-refractivity contribution in [3.05, 3.63) is 23.8 Å². The Morgan fingerprint density at radius 3 is 2.67 bits per heavy atom. The van der Waals surface area contributed by atoms with Crippen LogP contribution in [0.4, 0.5) is 4.79 Å². The van der Waals surface area contributed by atoms with E-state index < -0.39 is 22.2 Å². The Kier molecular flexibility index (Phi) is 9.58. The molecular formula is C24H37N3O5S. The van der Waals surface area contributed by atoms with Crippen molar-refractivity contribution < 1.29 is 23.1 Å². The van der Waals surface area contributed by atoms with E-state index >= 15 is 0 Å². The number of aliphatic hydroxyl groups excluding tert-OH is 1. The van der Waals surface area contributed by atoms with Gasteiger partial charge in [0.15, 0.2) is 0 Å². The zero-order valence-corrected chi connectivity index (χ0v) is 21.3. The van der Waals surface area contributed by atoms with Crippen molar-refractivity contribution in [3.8, 4) is 17.6 Å². The lowest BCUT2D eigenvalue weighted by Crippen LogP contribution is -2.51. The Morgan fingerprint density at radius 2 is 2.06 bits per heavy atom. The zero-order valence-electron chi connectivity index (χ0n) is 20.5. The van der Waals surface area contributed by atoms with E-state index in [9.17, 15) is 18.3 Å². The molecular weight excluding hydrogens is 442 g/mol. The number of hydrogen-bond donors (Lipinski definition) is 2. The molecule has 1 aromatic rings. The van der Waals surface area contributed by atoms with E-state index in [1.54, 1.807) is 31.0 Å². The van der Waals surface area contributed by atoms with Crippen molar-refractivity contribution in [2.45, 2.75) is 58.1 Å². The summed E-state index contributed by atoms with van der Waals surface area (Å²) in [7, 11) is -2.22. The van der Waals surface area contributed by atoms with Gasteiger partial charge in [0.1, 0.15) is 16.7 Å². The number of carbonyl (C=O) groups is 1. The molecule has 184 valence electrons. The van der Waals surface area contributed by atoms with Gasteiger partial charge in [-0.2, -0.15) is 4.31 Å². The van der Waals surface area contributed by atoms with Crippen LogP contribution in [-0.4, -0.2) is 74.2 Å². The normalized spacial score (nSPS) is 21.0. The fourth-order valence-electron chi connectivity index (χ4n) is 3.47. The van der Waals surface area contributed by atoms with Crippen LogP contribution in [0.5, 0.6) is 5.75 Å². The van der Waals surface area contributed by atoms with Gasteiger partial charge < -0.3 is 20.1 Å². The Bertz CT molecular complexity index is 984. The molecule has 9 heteroatoms. The molecule has 1 heterocycles. The zero-order chi connectivity index (χ0) is 24.8. The number of amides is 2. The average Bonchev–Trinajstić information content (AvgIpc) is 2.77. The van der Waals surface area contributed by atoms with E-state index in [2.05, 4.69) is 17.2 Å². The Balaban J connectivity index is 2.51. The number of nitrogens with one attached hydrogen (secondary N) is 1. The molecule has 0 aliphatic carbocycles. The summed E-state index contributed by atoms with van der Waals surface area (Å²) in [5.41, 5.74) is 0.653. The van der Waals surface area contributed by atoms with Gasteiger partial charge in [0, 0.05) is 43.6 Å². The molecule has 0 fully saturated rings. The number of sulfonamides is 1. The monoisotopic (exact) mass is 479 g/mol. The molecule has 0 radical (unpaired) electrons. The minimum absolute atomic E-state index is 0.0351. The number of nitrogens with zero attached hydrogens (tertiary/aromatic N) is 2. The molecule has 2 rings (SSSR count).